The van der Waals surface area contributed by atoms with Crippen LogP contribution < -0.4 is 11.1 Å². The maximum atomic E-state index is 11.7. The van der Waals surface area contributed by atoms with E-state index in [0.29, 0.717) is 24.3 Å². The highest BCUT2D eigenvalue weighted by Gasteiger charge is 2.26. The minimum atomic E-state index is -0.278. The molecule has 92 valence electrons. The van der Waals surface area contributed by atoms with Crippen LogP contribution in [0.3, 0.4) is 0 Å². The predicted molar refractivity (Wildman–Crippen MR) is 67.0 cm³/mol. The van der Waals surface area contributed by atoms with Crippen LogP contribution in [0.4, 0.5) is 5.69 Å². The molecule has 4 heteroatoms. The van der Waals surface area contributed by atoms with E-state index in [1.54, 1.807) is 13.0 Å². The van der Waals surface area contributed by atoms with Gasteiger partial charge in [0.25, 0.3) is 0 Å². The Bertz CT molecular complexity index is 400. The van der Waals surface area contributed by atoms with Gasteiger partial charge in [-0.25, -0.2) is 4.79 Å². The van der Waals surface area contributed by atoms with Crippen molar-refractivity contribution in [1.82, 2.24) is 0 Å². The molecule has 0 saturated heterocycles. The fraction of sp³-hybridized carbons (Fsp3) is 0.462. The first-order valence-electron chi connectivity index (χ1n) is 5.99. The van der Waals surface area contributed by atoms with Crippen molar-refractivity contribution >= 4 is 11.7 Å². The average Bonchev–Trinajstić information content (AvgIpc) is 2.28. The third-order valence-corrected chi connectivity index (χ3v) is 2.96. The van der Waals surface area contributed by atoms with E-state index in [0.717, 1.165) is 18.5 Å². The number of ether oxygens (including phenoxy) is 1. The molecule has 2 rings (SSSR count). The smallest absolute Gasteiger partial charge is 0.340 e. The van der Waals surface area contributed by atoms with Crippen molar-refractivity contribution in [3.8, 4) is 0 Å². The summed E-state index contributed by atoms with van der Waals surface area (Å²) in [6.45, 7) is 2.19. The zero-order valence-electron chi connectivity index (χ0n) is 9.98. The number of benzene rings is 1. The SMILES string of the molecule is CCOC(=O)c1ccccc1NC1CC(N)C1. The molecular weight excluding hydrogens is 216 g/mol. The van der Waals surface area contributed by atoms with E-state index in [1.807, 2.05) is 18.2 Å². The lowest BCUT2D eigenvalue weighted by atomic mass is 9.87. The van der Waals surface area contributed by atoms with Crippen LogP contribution in [0.15, 0.2) is 24.3 Å². The minimum absolute atomic E-state index is 0.278. The first-order chi connectivity index (χ1) is 8.20. The van der Waals surface area contributed by atoms with Crippen molar-refractivity contribution in [1.29, 1.82) is 0 Å². The maximum absolute atomic E-state index is 11.7. The molecule has 0 heterocycles. The van der Waals surface area contributed by atoms with E-state index < -0.39 is 0 Å². The van der Waals surface area contributed by atoms with Crippen LogP contribution in [0.1, 0.15) is 30.1 Å². The Balaban J connectivity index is 2.07. The van der Waals surface area contributed by atoms with Gasteiger partial charge in [0.1, 0.15) is 0 Å². The lowest BCUT2D eigenvalue weighted by Gasteiger charge is -2.34. The summed E-state index contributed by atoms with van der Waals surface area (Å²) in [4.78, 5) is 11.7. The second-order valence-electron chi connectivity index (χ2n) is 4.34. The number of hydrogen-bond acceptors (Lipinski definition) is 4. The van der Waals surface area contributed by atoms with Gasteiger partial charge in [-0.2, -0.15) is 0 Å². The third kappa shape index (κ3) is 2.77. The van der Waals surface area contributed by atoms with Crippen molar-refractivity contribution in [3.05, 3.63) is 29.8 Å². The normalized spacial score (nSPS) is 22.7. The van der Waals surface area contributed by atoms with E-state index in [-0.39, 0.29) is 5.97 Å². The molecule has 0 aliphatic heterocycles. The van der Waals surface area contributed by atoms with Gasteiger partial charge in [-0.05, 0) is 31.9 Å². The highest BCUT2D eigenvalue weighted by atomic mass is 16.5. The lowest BCUT2D eigenvalue weighted by Crippen LogP contribution is -2.44. The van der Waals surface area contributed by atoms with Crippen molar-refractivity contribution in [2.75, 3.05) is 11.9 Å². The first kappa shape index (κ1) is 11.9. The number of nitrogens with two attached hydrogens (primary N) is 1. The van der Waals surface area contributed by atoms with Crippen LogP contribution in [-0.4, -0.2) is 24.7 Å². The summed E-state index contributed by atoms with van der Waals surface area (Å²) < 4.78 is 5.02. The Labute approximate surface area is 101 Å². The number of hydrogen-bond donors (Lipinski definition) is 2. The van der Waals surface area contributed by atoms with Crippen LogP contribution in [-0.2, 0) is 4.74 Å². The second-order valence-corrected chi connectivity index (χ2v) is 4.34. The number of esters is 1. The molecule has 0 aromatic heterocycles. The Morgan fingerprint density at radius 1 is 1.47 bits per heavy atom. The summed E-state index contributed by atoms with van der Waals surface area (Å²) >= 11 is 0. The summed E-state index contributed by atoms with van der Waals surface area (Å²) in [5.41, 5.74) is 7.16. The second kappa shape index (κ2) is 5.19. The Morgan fingerprint density at radius 3 is 2.82 bits per heavy atom. The maximum Gasteiger partial charge on any atom is 0.340 e. The first-order valence-corrected chi connectivity index (χ1v) is 5.99. The molecule has 3 N–H and O–H groups in total. The van der Waals surface area contributed by atoms with Gasteiger partial charge in [-0.15, -0.1) is 0 Å². The number of rotatable bonds is 4. The molecule has 17 heavy (non-hydrogen) atoms. The molecular formula is C13H18N2O2. The molecule has 1 saturated carbocycles. The van der Waals surface area contributed by atoms with Crippen LogP contribution in [0.2, 0.25) is 0 Å². The summed E-state index contributed by atoms with van der Waals surface area (Å²) in [7, 11) is 0. The summed E-state index contributed by atoms with van der Waals surface area (Å²) in [6.07, 6.45) is 1.91. The summed E-state index contributed by atoms with van der Waals surface area (Å²) in [6, 6.07) is 8.09. The lowest BCUT2D eigenvalue weighted by molar-refractivity contribution is 0.0527. The Kier molecular flexibility index (Phi) is 3.64. The topological polar surface area (TPSA) is 64.3 Å². The molecule has 0 bridgehead atoms. The van der Waals surface area contributed by atoms with Crippen molar-refractivity contribution in [2.45, 2.75) is 31.8 Å². The summed E-state index contributed by atoms with van der Waals surface area (Å²) in [5, 5.41) is 3.34. The molecule has 0 unspecified atom stereocenters. The van der Waals surface area contributed by atoms with Gasteiger partial charge in [0, 0.05) is 17.8 Å². The van der Waals surface area contributed by atoms with Crippen molar-refractivity contribution < 1.29 is 9.53 Å². The monoisotopic (exact) mass is 234 g/mol. The van der Waals surface area contributed by atoms with Gasteiger partial charge < -0.3 is 15.8 Å². The fourth-order valence-electron chi connectivity index (χ4n) is 2.00. The van der Waals surface area contributed by atoms with Gasteiger partial charge >= 0.3 is 5.97 Å². The van der Waals surface area contributed by atoms with Crippen molar-refractivity contribution in [2.24, 2.45) is 5.73 Å². The molecule has 1 aromatic rings. The molecule has 1 fully saturated rings. The highest BCUT2D eigenvalue weighted by Crippen LogP contribution is 2.25. The molecule has 0 radical (unpaired) electrons. The van der Waals surface area contributed by atoms with Gasteiger partial charge in [0.15, 0.2) is 0 Å². The molecule has 4 nitrogen and oxygen atoms in total. The van der Waals surface area contributed by atoms with Gasteiger partial charge in [0.05, 0.1) is 12.2 Å². The van der Waals surface area contributed by atoms with Gasteiger partial charge in [-0.3, -0.25) is 0 Å². The van der Waals surface area contributed by atoms with E-state index in [4.69, 9.17) is 10.5 Å². The fourth-order valence-corrected chi connectivity index (χ4v) is 2.00. The largest absolute Gasteiger partial charge is 0.462 e. The number of para-hydroxylation sites is 1. The zero-order valence-corrected chi connectivity index (χ0v) is 9.98. The molecule has 0 amide bonds. The number of anilines is 1. The van der Waals surface area contributed by atoms with E-state index >= 15 is 0 Å². The number of carbonyl (C=O) groups excluding carboxylic acids is 1. The van der Waals surface area contributed by atoms with Crippen LogP contribution >= 0.6 is 0 Å². The molecule has 0 spiro atoms. The van der Waals surface area contributed by atoms with Crippen molar-refractivity contribution in [3.63, 3.8) is 0 Å². The third-order valence-electron chi connectivity index (χ3n) is 2.96. The van der Waals surface area contributed by atoms with Gasteiger partial charge in [-0.1, -0.05) is 12.1 Å². The standard InChI is InChI=1S/C13H18N2O2/c1-2-17-13(16)11-5-3-4-6-12(11)15-10-7-9(14)8-10/h3-6,9-10,15H,2,7-8,14H2,1H3. The predicted octanol–water partition coefficient (Wildman–Crippen LogP) is 1.76. The molecule has 0 atom stereocenters. The van der Waals surface area contributed by atoms with Crippen LogP contribution in [0.5, 0.6) is 0 Å². The van der Waals surface area contributed by atoms with E-state index in [2.05, 4.69) is 5.32 Å². The Hall–Kier alpha value is -1.55. The highest BCUT2D eigenvalue weighted by molar-refractivity contribution is 5.95. The Morgan fingerprint density at radius 2 is 2.18 bits per heavy atom. The molecule has 1 aromatic carbocycles. The van der Waals surface area contributed by atoms with Crippen LogP contribution in [0.25, 0.3) is 0 Å². The van der Waals surface area contributed by atoms with Crippen LogP contribution in [0, 0.1) is 0 Å². The van der Waals surface area contributed by atoms with Gasteiger partial charge in [0.2, 0.25) is 0 Å². The number of nitrogens with one attached hydrogen (secondary N) is 1. The zero-order chi connectivity index (χ0) is 12.3. The number of carbonyl (C=O) groups is 1. The average molecular weight is 234 g/mol. The minimum Gasteiger partial charge on any atom is -0.462 e. The van der Waals surface area contributed by atoms with E-state index in [9.17, 15) is 4.79 Å². The quantitative estimate of drug-likeness (QED) is 0.779. The summed E-state index contributed by atoms with van der Waals surface area (Å²) in [5.74, 6) is -0.278. The van der Waals surface area contributed by atoms with E-state index in [1.165, 1.54) is 0 Å². The molecule has 1 aliphatic rings. The molecule has 1 aliphatic carbocycles.